The minimum Gasteiger partial charge on any atom is -0.486 e. The van der Waals surface area contributed by atoms with Gasteiger partial charge in [-0.25, -0.2) is 0 Å². The van der Waals surface area contributed by atoms with E-state index in [9.17, 15) is 4.79 Å². The first-order valence-corrected chi connectivity index (χ1v) is 11.4. The number of carbonyl (C=O) groups excluding carboxylic acids is 1. The summed E-state index contributed by atoms with van der Waals surface area (Å²) in [6, 6.07) is 24.7. The van der Waals surface area contributed by atoms with E-state index >= 15 is 0 Å². The molecule has 0 atom stereocenters. The number of amides is 1. The molecule has 1 aliphatic heterocycles. The van der Waals surface area contributed by atoms with Crippen LogP contribution in [0, 0.1) is 0 Å². The molecule has 0 radical (unpaired) electrons. The molecule has 0 unspecified atom stereocenters. The molecule has 5 aromatic rings. The zero-order valence-corrected chi connectivity index (χ0v) is 19.2. The van der Waals surface area contributed by atoms with Crippen LogP contribution in [0.5, 0.6) is 11.5 Å². The van der Waals surface area contributed by atoms with E-state index in [1.54, 1.807) is 23.0 Å². The van der Waals surface area contributed by atoms with Crippen molar-refractivity contribution in [2.45, 2.75) is 0 Å². The molecule has 1 aliphatic rings. The first-order chi connectivity index (χ1) is 17.1. The molecule has 8 nitrogen and oxygen atoms in total. The third kappa shape index (κ3) is 4.13. The summed E-state index contributed by atoms with van der Waals surface area (Å²) in [4.78, 5) is 14.3. The fraction of sp³-hybridized carbons (Fsp3) is 0.0769. The number of fused-ring (bicyclic) bond motifs is 3. The minimum absolute atomic E-state index is 0.172. The number of thiocarbonyl (C=S) groups is 1. The van der Waals surface area contributed by atoms with Crippen molar-refractivity contribution >= 4 is 50.7 Å². The monoisotopic (exact) mass is 481 g/mol. The van der Waals surface area contributed by atoms with Gasteiger partial charge in [-0.05, 0) is 60.1 Å². The van der Waals surface area contributed by atoms with Crippen LogP contribution in [0.15, 0.2) is 78.9 Å². The van der Waals surface area contributed by atoms with Crippen LogP contribution >= 0.6 is 12.2 Å². The zero-order chi connectivity index (χ0) is 23.8. The van der Waals surface area contributed by atoms with Crippen molar-refractivity contribution in [1.29, 1.82) is 0 Å². The summed E-state index contributed by atoms with van der Waals surface area (Å²) < 4.78 is 11.0. The second kappa shape index (κ2) is 8.69. The SMILES string of the molecule is O=C(NC(=S)Nc1ccc2nn(-c3cccc4ccccc34)nc2c1)c1ccc2c(c1)OCCO2. The highest BCUT2D eigenvalue weighted by Crippen LogP contribution is 2.30. The third-order valence-corrected chi connectivity index (χ3v) is 5.86. The fourth-order valence-electron chi connectivity index (χ4n) is 4.00. The smallest absolute Gasteiger partial charge is 0.257 e. The summed E-state index contributed by atoms with van der Waals surface area (Å²) >= 11 is 5.35. The van der Waals surface area contributed by atoms with Gasteiger partial charge in [0.2, 0.25) is 0 Å². The predicted octanol–water partition coefficient (Wildman–Crippen LogP) is 4.47. The number of aromatic nitrogens is 3. The Morgan fingerprint density at radius 3 is 2.57 bits per heavy atom. The van der Waals surface area contributed by atoms with Crippen LogP contribution in [-0.4, -0.2) is 39.2 Å². The molecule has 1 amide bonds. The molecule has 0 aliphatic carbocycles. The molecule has 0 fully saturated rings. The van der Waals surface area contributed by atoms with Crippen LogP contribution in [0.4, 0.5) is 5.69 Å². The summed E-state index contributed by atoms with van der Waals surface area (Å²) in [5, 5.41) is 17.4. The van der Waals surface area contributed by atoms with E-state index in [2.05, 4.69) is 39.0 Å². The van der Waals surface area contributed by atoms with Gasteiger partial charge in [-0.1, -0.05) is 36.4 Å². The normalized spacial score (nSPS) is 12.5. The average Bonchev–Trinajstić information content (AvgIpc) is 3.31. The Morgan fingerprint density at radius 1 is 0.857 bits per heavy atom. The van der Waals surface area contributed by atoms with Crippen LogP contribution in [0.3, 0.4) is 0 Å². The highest BCUT2D eigenvalue weighted by Gasteiger charge is 2.16. The molecular weight excluding hydrogens is 462 g/mol. The molecule has 0 saturated carbocycles. The Hall–Kier alpha value is -4.50. The average molecular weight is 482 g/mol. The predicted molar refractivity (Wildman–Crippen MR) is 137 cm³/mol. The van der Waals surface area contributed by atoms with Crippen LogP contribution in [-0.2, 0) is 0 Å². The van der Waals surface area contributed by atoms with E-state index < -0.39 is 0 Å². The Kier molecular flexibility index (Phi) is 5.23. The Morgan fingerprint density at radius 2 is 1.66 bits per heavy atom. The minimum atomic E-state index is -0.345. The van der Waals surface area contributed by atoms with Crippen molar-refractivity contribution in [1.82, 2.24) is 20.3 Å². The largest absolute Gasteiger partial charge is 0.486 e. The van der Waals surface area contributed by atoms with E-state index in [1.165, 1.54) is 0 Å². The van der Waals surface area contributed by atoms with Crippen molar-refractivity contribution in [3.8, 4) is 17.2 Å². The van der Waals surface area contributed by atoms with Gasteiger partial charge in [0.25, 0.3) is 5.91 Å². The molecule has 9 heteroatoms. The van der Waals surface area contributed by atoms with E-state index in [0.29, 0.717) is 41.5 Å². The second-order valence-electron chi connectivity index (χ2n) is 7.96. The Labute approximate surface area is 205 Å². The maximum atomic E-state index is 12.7. The molecule has 35 heavy (non-hydrogen) atoms. The van der Waals surface area contributed by atoms with Crippen molar-refractivity contribution in [3.05, 3.63) is 84.4 Å². The van der Waals surface area contributed by atoms with Gasteiger partial charge in [-0.15, -0.1) is 15.0 Å². The van der Waals surface area contributed by atoms with Crippen LogP contribution < -0.4 is 20.1 Å². The first kappa shape index (κ1) is 21.1. The number of ether oxygens (including phenoxy) is 2. The number of hydrogen-bond acceptors (Lipinski definition) is 6. The summed E-state index contributed by atoms with van der Waals surface area (Å²) in [5.41, 5.74) is 3.46. The zero-order valence-electron chi connectivity index (χ0n) is 18.4. The second-order valence-corrected chi connectivity index (χ2v) is 8.37. The summed E-state index contributed by atoms with van der Waals surface area (Å²) in [6.07, 6.45) is 0. The molecule has 0 spiro atoms. The van der Waals surface area contributed by atoms with Gasteiger partial charge in [-0.3, -0.25) is 10.1 Å². The van der Waals surface area contributed by atoms with Gasteiger partial charge in [0, 0.05) is 16.6 Å². The maximum absolute atomic E-state index is 12.7. The number of rotatable bonds is 3. The summed E-state index contributed by atoms with van der Waals surface area (Å²) in [6.45, 7) is 0.943. The lowest BCUT2D eigenvalue weighted by Gasteiger charge is -2.18. The van der Waals surface area contributed by atoms with Gasteiger partial charge >= 0.3 is 0 Å². The van der Waals surface area contributed by atoms with E-state index in [4.69, 9.17) is 21.7 Å². The van der Waals surface area contributed by atoms with Gasteiger partial charge in [0.1, 0.15) is 24.2 Å². The number of anilines is 1. The lowest BCUT2D eigenvalue weighted by atomic mass is 10.1. The van der Waals surface area contributed by atoms with Crippen molar-refractivity contribution in [2.24, 2.45) is 0 Å². The molecular formula is C26H19N5O3S. The topological polar surface area (TPSA) is 90.3 Å². The van der Waals surface area contributed by atoms with Crippen LogP contribution in [0.2, 0.25) is 0 Å². The number of nitrogens with one attached hydrogen (secondary N) is 2. The van der Waals surface area contributed by atoms with Gasteiger partial charge in [-0.2, -0.15) is 0 Å². The third-order valence-electron chi connectivity index (χ3n) is 5.65. The lowest BCUT2D eigenvalue weighted by Crippen LogP contribution is -2.34. The van der Waals surface area contributed by atoms with Crippen molar-refractivity contribution in [2.75, 3.05) is 18.5 Å². The molecule has 6 rings (SSSR count). The van der Waals surface area contributed by atoms with Crippen LogP contribution in [0.1, 0.15) is 10.4 Å². The molecule has 2 N–H and O–H groups in total. The summed E-state index contributed by atoms with van der Waals surface area (Å²) in [5.74, 6) is 0.823. The molecule has 0 saturated heterocycles. The van der Waals surface area contributed by atoms with Crippen molar-refractivity contribution in [3.63, 3.8) is 0 Å². The highest BCUT2D eigenvalue weighted by molar-refractivity contribution is 7.80. The molecule has 1 aromatic heterocycles. The van der Waals surface area contributed by atoms with Crippen molar-refractivity contribution < 1.29 is 14.3 Å². The molecule has 172 valence electrons. The molecule has 4 aromatic carbocycles. The molecule has 2 heterocycles. The van der Waals surface area contributed by atoms with Gasteiger partial charge in [0.05, 0.1) is 5.69 Å². The summed E-state index contributed by atoms with van der Waals surface area (Å²) in [7, 11) is 0. The van der Waals surface area contributed by atoms with E-state index in [-0.39, 0.29) is 11.0 Å². The van der Waals surface area contributed by atoms with Gasteiger partial charge in [0.15, 0.2) is 16.6 Å². The quantitative estimate of drug-likeness (QED) is 0.368. The Balaban J connectivity index is 1.19. The van der Waals surface area contributed by atoms with E-state index in [1.807, 2.05) is 42.5 Å². The number of benzene rings is 4. The number of hydrogen-bond donors (Lipinski definition) is 2. The highest BCUT2D eigenvalue weighted by atomic mass is 32.1. The number of carbonyl (C=O) groups is 1. The molecule has 0 bridgehead atoms. The standard InChI is InChI=1S/C26H19N5O3S/c32-25(17-8-11-23-24(14-17)34-13-12-33-23)28-26(35)27-18-9-10-20-21(15-18)30-31(29-20)22-7-3-5-16-4-1-2-6-19(16)22/h1-11,14-15H,12-13H2,(H2,27,28,32,35). The van der Waals surface area contributed by atoms with E-state index in [0.717, 1.165) is 22.0 Å². The van der Waals surface area contributed by atoms with Crippen LogP contribution in [0.25, 0.3) is 27.5 Å². The maximum Gasteiger partial charge on any atom is 0.257 e. The Bertz CT molecular complexity index is 1610. The number of nitrogens with zero attached hydrogens (tertiary/aromatic N) is 3. The fourth-order valence-corrected chi connectivity index (χ4v) is 4.22. The van der Waals surface area contributed by atoms with Gasteiger partial charge < -0.3 is 14.8 Å². The lowest BCUT2D eigenvalue weighted by molar-refractivity contribution is 0.0976. The first-order valence-electron chi connectivity index (χ1n) is 11.0.